The van der Waals surface area contributed by atoms with Gasteiger partial charge in [0.2, 0.25) is 0 Å². The second-order valence-electron chi connectivity index (χ2n) is 4.80. The van der Waals surface area contributed by atoms with Crippen molar-refractivity contribution in [3.05, 3.63) is 11.6 Å². The van der Waals surface area contributed by atoms with Gasteiger partial charge in [-0.3, -0.25) is 0 Å². The molecule has 1 N–H and O–H groups in total. The average Bonchev–Trinajstić information content (AvgIpc) is 2.27. The van der Waals surface area contributed by atoms with Crippen LogP contribution in [0.1, 0.15) is 34.6 Å². The zero-order chi connectivity index (χ0) is 11.9. The molecule has 1 heterocycles. The SMILES string of the molecule is CCOC(=O)C1=CC(C)(C)N(O)C1(C)C. The normalized spacial score (nSPS) is 23.7. The standard InChI is InChI=1S/C11H19NO3/c1-6-15-9(13)8-7-10(2,3)12(14)11(8,4)5/h7,14H,6H2,1-5H3. The first kappa shape index (κ1) is 12.2. The lowest BCUT2D eigenvalue weighted by Gasteiger charge is -2.35. The van der Waals surface area contributed by atoms with Crippen molar-refractivity contribution in [1.82, 2.24) is 5.06 Å². The minimum Gasteiger partial charge on any atom is -0.463 e. The maximum Gasteiger partial charge on any atom is 0.335 e. The molecule has 0 saturated carbocycles. The fourth-order valence-electron chi connectivity index (χ4n) is 1.94. The Morgan fingerprint density at radius 1 is 1.47 bits per heavy atom. The van der Waals surface area contributed by atoms with E-state index >= 15 is 0 Å². The van der Waals surface area contributed by atoms with Crippen LogP contribution in [-0.4, -0.2) is 33.9 Å². The molecule has 0 aromatic heterocycles. The second-order valence-corrected chi connectivity index (χ2v) is 4.80. The van der Waals surface area contributed by atoms with Gasteiger partial charge in [-0.2, -0.15) is 5.06 Å². The predicted octanol–water partition coefficient (Wildman–Crippen LogP) is 1.74. The molecule has 0 bridgehead atoms. The highest BCUT2D eigenvalue weighted by Crippen LogP contribution is 2.38. The van der Waals surface area contributed by atoms with Crippen molar-refractivity contribution < 1.29 is 14.7 Å². The van der Waals surface area contributed by atoms with Crippen molar-refractivity contribution in [3.63, 3.8) is 0 Å². The Labute approximate surface area is 90.5 Å². The van der Waals surface area contributed by atoms with E-state index in [9.17, 15) is 10.0 Å². The molecule has 0 radical (unpaired) electrons. The van der Waals surface area contributed by atoms with Crippen LogP contribution in [0.3, 0.4) is 0 Å². The van der Waals surface area contributed by atoms with Crippen molar-refractivity contribution in [2.45, 2.75) is 45.7 Å². The third kappa shape index (κ3) is 1.92. The number of ether oxygens (including phenoxy) is 1. The van der Waals surface area contributed by atoms with Crippen molar-refractivity contribution in [3.8, 4) is 0 Å². The van der Waals surface area contributed by atoms with Gasteiger partial charge in [0.1, 0.15) is 0 Å². The van der Waals surface area contributed by atoms with Gasteiger partial charge in [-0.25, -0.2) is 4.79 Å². The van der Waals surface area contributed by atoms with Gasteiger partial charge >= 0.3 is 5.97 Å². The molecule has 1 aliphatic heterocycles. The van der Waals surface area contributed by atoms with Crippen LogP contribution in [0.2, 0.25) is 0 Å². The fraction of sp³-hybridized carbons (Fsp3) is 0.727. The van der Waals surface area contributed by atoms with Gasteiger partial charge in [0.15, 0.2) is 0 Å². The number of esters is 1. The van der Waals surface area contributed by atoms with E-state index in [1.807, 2.05) is 13.8 Å². The fourth-order valence-corrected chi connectivity index (χ4v) is 1.94. The van der Waals surface area contributed by atoms with Crippen LogP contribution in [0, 0.1) is 0 Å². The van der Waals surface area contributed by atoms with Crippen LogP contribution in [0.5, 0.6) is 0 Å². The van der Waals surface area contributed by atoms with Gasteiger partial charge in [0.05, 0.1) is 23.3 Å². The Morgan fingerprint density at radius 3 is 2.33 bits per heavy atom. The van der Waals surface area contributed by atoms with E-state index in [0.717, 1.165) is 0 Å². The Bertz CT molecular complexity index is 305. The van der Waals surface area contributed by atoms with Crippen LogP contribution < -0.4 is 0 Å². The van der Waals surface area contributed by atoms with E-state index in [1.54, 1.807) is 26.8 Å². The summed E-state index contributed by atoms with van der Waals surface area (Å²) in [6.45, 7) is 9.40. The van der Waals surface area contributed by atoms with Crippen molar-refractivity contribution in [2.24, 2.45) is 0 Å². The maximum absolute atomic E-state index is 11.7. The highest BCUT2D eigenvalue weighted by Gasteiger charge is 2.48. The third-order valence-electron chi connectivity index (χ3n) is 2.73. The maximum atomic E-state index is 11.7. The molecule has 15 heavy (non-hydrogen) atoms. The molecule has 0 fully saturated rings. The monoisotopic (exact) mass is 213 g/mol. The van der Waals surface area contributed by atoms with E-state index in [1.165, 1.54) is 5.06 Å². The quantitative estimate of drug-likeness (QED) is 0.710. The molecule has 1 rings (SSSR count). The number of nitrogens with zero attached hydrogens (tertiary/aromatic N) is 1. The highest BCUT2D eigenvalue weighted by atomic mass is 16.5. The first-order chi connectivity index (χ1) is 6.73. The van der Waals surface area contributed by atoms with Gasteiger partial charge in [0.25, 0.3) is 0 Å². The lowest BCUT2D eigenvalue weighted by atomic mass is 9.97. The van der Waals surface area contributed by atoms with E-state index in [4.69, 9.17) is 4.74 Å². The number of hydrogen-bond donors (Lipinski definition) is 1. The van der Waals surface area contributed by atoms with Gasteiger partial charge in [-0.05, 0) is 34.6 Å². The Balaban J connectivity index is 3.03. The molecular formula is C11H19NO3. The van der Waals surface area contributed by atoms with E-state index in [2.05, 4.69) is 0 Å². The Kier molecular flexibility index (Phi) is 2.94. The summed E-state index contributed by atoms with van der Waals surface area (Å²) in [6, 6.07) is 0. The summed E-state index contributed by atoms with van der Waals surface area (Å²) < 4.78 is 4.96. The summed E-state index contributed by atoms with van der Waals surface area (Å²) in [5.74, 6) is -0.355. The Hall–Kier alpha value is -0.870. The lowest BCUT2D eigenvalue weighted by molar-refractivity contribution is -0.187. The van der Waals surface area contributed by atoms with Crippen molar-refractivity contribution in [1.29, 1.82) is 0 Å². The molecule has 0 aliphatic carbocycles. The number of rotatable bonds is 2. The molecule has 0 saturated heterocycles. The summed E-state index contributed by atoms with van der Waals surface area (Å²) in [5, 5.41) is 11.1. The van der Waals surface area contributed by atoms with Crippen LogP contribution in [0.15, 0.2) is 11.6 Å². The van der Waals surface area contributed by atoms with Crippen LogP contribution in [0.4, 0.5) is 0 Å². The molecule has 0 aromatic carbocycles. The molecule has 0 spiro atoms. The first-order valence-electron chi connectivity index (χ1n) is 5.13. The molecule has 4 heteroatoms. The largest absolute Gasteiger partial charge is 0.463 e. The van der Waals surface area contributed by atoms with Crippen LogP contribution in [-0.2, 0) is 9.53 Å². The zero-order valence-corrected chi connectivity index (χ0v) is 10.00. The smallest absolute Gasteiger partial charge is 0.335 e. The molecule has 0 amide bonds. The number of hydroxylamine groups is 2. The number of carbonyl (C=O) groups excluding carboxylic acids is 1. The van der Waals surface area contributed by atoms with E-state index in [0.29, 0.717) is 12.2 Å². The minimum atomic E-state index is -0.699. The predicted molar refractivity (Wildman–Crippen MR) is 56.5 cm³/mol. The summed E-state index contributed by atoms with van der Waals surface area (Å²) in [4.78, 5) is 11.7. The molecule has 4 nitrogen and oxygen atoms in total. The molecular weight excluding hydrogens is 194 g/mol. The topological polar surface area (TPSA) is 49.8 Å². The summed E-state index contributed by atoms with van der Waals surface area (Å²) >= 11 is 0. The molecule has 0 aromatic rings. The molecule has 0 unspecified atom stereocenters. The molecule has 0 atom stereocenters. The van der Waals surface area contributed by atoms with E-state index in [-0.39, 0.29) is 5.97 Å². The van der Waals surface area contributed by atoms with Crippen molar-refractivity contribution in [2.75, 3.05) is 6.61 Å². The van der Waals surface area contributed by atoms with Crippen LogP contribution in [0.25, 0.3) is 0 Å². The highest BCUT2D eigenvalue weighted by molar-refractivity contribution is 5.91. The summed E-state index contributed by atoms with van der Waals surface area (Å²) in [6.07, 6.45) is 1.75. The van der Waals surface area contributed by atoms with Gasteiger partial charge < -0.3 is 9.94 Å². The second kappa shape index (κ2) is 3.61. The summed E-state index contributed by atoms with van der Waals surface area (Å²) in [5.41, 5.74) is -0.724. The number of hydrogen-bond acceptors (Lipinski definition) is 4. The minimum absolute atomic E-state index is 0.345. The van der Waals surface area contributed by atoms with Crippen LogP contribution >= 0.6 is 0 Å². The van der Waals surface area contributed by atoms with Gasteiger partial charge in [-0.15, -0.1) is 0 Å². The first-order valence-corrected chi connectivity index (χ1v) is 5.13. The van der Waals surface area contributed by atoms with E-state index < -0.39 is 11.1 Å². The molecule has 1 aliphatic rings. The molecule has 86 valence electrons. The third-order valence-corrected chi connectivity index (χ3v) is 2.73. The summed E-state index contributed by atoms with van der Waals surface area (Å²) in [7, 11) is 0. The Morgan fingerprint density at radius 2 is 2.00 bits per heavy atom. The average molecular weight is 213 g/mol. The van der Waals surface area contributed by atoms with Gasteiger partial charge in [-0.1, -0.05) is 6.08 Å². The zero-order valence-electron chi connectivity index (χ0n) is 10.00. The number of carbonyl (C=O) groups is 1. The lowest BCUT2D eigenvalue weighted by Crippen LogP contribution is -2.48. The van der Waals surface area contributed by atoms with Gasteiger partial charge in [0, 0.05) is 0 Å². The van der Waals surface area contributed by atoms with Crippen molar-refractivity contribution >= 4 is 5.97 Å².